The first-order valence-corrected chi connectivity index (χ1v) is 31.9. The molecule has 13 heteroatoms. The van der Waals surface area contributed by atoms with E-state index in [0.29, 0.717) is 0 Å². The Morgan fingerprint density at radius 3 is 1.41 bits per heavy atom. The Balaban J connectivity index is 0.901. The van der Waals surface area contributed by atoms with Crippen molar-refractivity contribution in [1.29, 1.82) is 0 Å². The van der Waals surface area contributed by atoms with E-state index in [1.54, 1.807) is 23.9 Å². The van der Waals surface area contributed by atoms with Gasteiger partial charge in [0, 0.05) is 70.8 Å². The number of fused-ring (bicyclic) bond motifs is 16. The van der Waals surface area contributed by atoms with Crippen molar-refractivity contribution < 1.29 is 14.2 Å². The molecule has 12 aromatic rings. The first kappa shape index (κ1) is 47.5. The van der Waals surface area contributed by atoms with E-state index >= 15 is 0 Å². The Hall–Kier alpha value is -8.19. The summed E-state index contributed by atoms with van der Waals surface area (Å²) >= 11 is 7.24. The van der Waals surface area contributed by atoms with Crippen LogP contribution in [-0.4, -0.2) is 32.6 Å². The van der Waals surface area contributed by atoms with Gasteiger partial charge in [0.1, 0.15) is 34.5 Å². The van der Waals surface area contributed by atoms with E-state index in [1.807, 2.05) is 22.7 Å². The van der Waals surface area contributed by atoms with Gasteiger partial charge in [0.05, 0.1) is 17.1 Å². The summed E-state index contributed by atoms with van der Waals surface area (Å²) in [5, 5.41) is 6.39. The van der Waals surface area contributed by atoms with E-state index in [4.69, 9.17) is 14.2 Å². The first-order valence-electron chi connectivity index (χ1n) is 27.9. The molecule has 0 amide bonds. The molecule has 6 aliphatic rings. The van der Waals surface area contributed by atoms with Crippen molar-refractivity contribution in [2.75, 3.05) is 26.4 Å². The van der Waals surface area contributed by atoms with Crippen LogP contribution in [-0.2, 0) is 0 Å². The van der Waals surface area contributed by atoms with Crippen molar-refractivity contribution in [3.8, 4) is 67.9 Å². The number of nitrogens with zero attached hydrogens (tertiary/aromatic N) is 2. The van der Waals surface area contributed by atoms with Crippen molar-refractivity contribution in [2.24, 2.45) is 0 Å². The second-order valence-corrected chi connectivity index (χ2v) is 26.0. The number of anilines is 6. The molecule has 0 saturated heterocycles. The van der Waals surface area contributed by atoms with Crippen LogP contribution >= 0.6 is 46.6 Å². The van der Waals surface area contributed by atoms with Gasteiger partial charge in [-0.15, -0.1) is 22.7 Å². The Morgan fingerprint density at radius 2 is 0.854 bits per heavy atom. The zero-order chi connectivity index (χ0) is 54.4. The molecule has 0 bridgehead atoms. The number of nitrogens with one attached hydrogen (secondary N) is 1. The molecule has 0 saturated carbocycles. The molecule has 82 heavy (non-hydrogen) atoms. The van der Waals surface area contributed by atoms with Gasteiger partial charge in [0.25, 0.3) is 20.1 Å². The van der Waals surface area contributed by atoms with Crippen molar-refractivity contribution in [3.63, 3.8) is 0 Å². The van der Waals surface area contributed by atoms with E-state index in [1.165, 1.54) is 96.7 Å². The van der Waals surface area contributed by atoms with E-state index < -0.39 is 0 Å². The lowest BCUT2D eigenvalue weighted by Gasteiger charge is -2.44. The average Bonchev–Trinajstić information content (AvgIpc) is 1.35. The van der Waals surface area contributed by atoms with E-state index in [0.717, 1.165) is 89.9 Å². The van der Waals surface area contributed by atoms with Gasteiger partial charge in [-0.3, -0.25) is 8.61 Å². The fourth-order valence-electron chi connectivity index (χ4n) is 14.4. The number of hydrogen-bond acceptors (Lipinski definition) is 10. The fourth-order valence-corrected chi connectivity index (χ4v) is 18.3. The average molecular weight is 1130 g/mol. The SMILES string of the molecule is CSN1c2cc3c(cc2B2c4cc5c(cc4N(SC)c4cc(-c6ccccc6C)cc1c42)Oc1cc(-c2ccccc2C)cc2c1B5c1sc4ccccc4c1O2)B1c2sc4ccccc4c2Oc2cc(-c4ccccc4C)cc(c21)N3. The van der Waals surface area contributed by atoms with Crippen LogP contribution in [0.2, 0.25) is 0 Å². The molecule has 0 radical (unpaired) electrons. The molecule has 388 valence electrons. The van der Waals surface area contributed by atoms with Crippen molar-refractivity contribution in [3.05, 3.63) is 199 Å². The molecule has 0 fully saturated rings. The van der Waals surface area contributed by atoms with Crippen molar-refractivity contribution >= 4 is 169 Å². The summed E-state index contributed by atoms with van der Waals surface area (Å²) in [5.74, 6) is 5.38. The lowest BCUT2D eigenvalue weighted by molar-refractivity contribution is 0.468. The van der Waals surface area contributed by atoms with Crippen LogP contribution in [0.3, 0.4) is 0 Å². The van der Waals surface area contributed by atoms with Gasteiger partial charge >= 0.3 is 0 Å². The maximum absolute atomic E-state index is 7.39. The normalized spacial score (nSPS) is 14.0. The first-order chi connectivity index (χ1) is 40.3. The van der Waals surface area contributed by atoms with Crippen LogP contribution in [0.5, 0.6) is 34.5 Å². The minimum absolute atomic E-state index is 0.0681. The quantitative estimate of drug-likeness (QED) is 0.135. The number of hydrogen-bond donors (Lipinski definition) is 1. The van der Waals surface area contributed by atoms with Crippen molar-refractivity contribution in [1.82, 2.24) is 0 Å². The number of rotatable bonds is 5. The molecule has 8 heterocycles. The summed E-state index contributed by atoms with van der Waals surface area (Å²) in [5.41, 5.74) is 26.1. The van der Waals surface area contributed by atoms with E-state index in [9.17, 15) is 0 Å². The molecule has 2 aromatic heterocycles. The van der Waals surface area contributed by atoms with Crippen LogP contribution in [0.4, 0.5) is 34.1 Å². The minimum Gasteiger partial charge on any atom is -0.458 e. The maximum Gasteiger partial charge on any atom is 0.273 e. The van der Waals surface area contributed by atoms with Gasteiger partial charge in [0.2, 0.25) is 0 Å². The summed E-state index contributed by atoms with van der Waals surface area (Å²) < 4.78 is 31.7. The summed E-state index contributed by atoms with van der Waals surface area (Å²) in [4.78, 5) is 0. The minimum atomic E-state index is -0.139. The Labute approximate surface area is 493 Å². The van der Waals surface area contributed by atoms with Gasteiger partial charge in [-0.1, -0.05) is 109 Å². The predicted molar refractivity (Wildman–Crippen MR) is 355 cm³/mol. The fraction of sp³-hybridized carbons (Fsp3) is 0.0725. The third-order valence-electron chi connectivity index (χ3n) is 18.0. The number of ether oxygens (including phenoxy) is 3. The molecule has 18 rings (SSSR count). The van der Waals surface area contributed by atoms with Gasteiger partial charge in [0.15, 0.2) is 0 Å². The van der Waals surface area contributed by atoms with Gasteiger partial charge < -0.3 is 19.5 Å². The molecular formula is C69H46B3N3O3S4. The second-order valence-electron chi connectivity index (χ2n) is 22.4. The molecule has 6 nitrogen and oxygen atoms in total. The summed E-state index contributed by atoms with van der Waals surface area (Å²) in [6, 6.07) is 67.5. The summed E-state index contributed by atoms with van der Waals surface area (Å²) in [6.45, 7) is 6.28. The number of thiophene rings is 2. The Morgan fingerprint density at radius 1 is 0.390 bits per heavy atom. The zero-order valence-corrected chi connectivity index (χ0v) is 48.6. The van der Waals surface area contributed by atoms with Crippen LogP contribution in [0.1, 0.15) is 16.7 Å². The largest absolute Gasteiger partial charge is 0.458 e. The lowest BCUT2D eigenvalue weighted by Crippen LogP contribution is -2.65. The molecular weight excluding hydrogens is 1080 g/mol. The number of benzene rings is 10. The Kier molecular flexibility index (Phi) is 10.1. The zero-order valence-electron chi connectivity index (χ0n) is 45.3. The third kappa shape index (κ3) is 6.53. The number of aryl methyl sites for hydroxylation is 3. The summed E-state index contributed by atoms with van der Waals surface area (Å²) in [7, 11) is 0. The van der Waals surface area contributed by atoms with Crippen LogP contribution in [0.25, 0.3) is 53.6 Å². The van der Waals surface area contributed by atoms with E-state index in [2.05, 4.69) is 229 Å². The molecule has 6 aliphatic heterocycles. The highest BCUT2D eigenvalue weighted by Crippen LogP contribution is 2.50. The molecule has 10 aromatic carbocycles. The van der Waals surface area contributed by atoms with Gasteiger partial charge in [-0.05, 0) is 194 Å². The second kappa shape index (κ2) is 17.4. The highest BCUT2D eigenvalue weighted by molar-refractivity contribution is 8.00. The molecule has 1 N–H and O–H groups in total. The topological polar surface area (TPSA) is 46.2 Å². The van der Waals surface area contributed by atoms with Crippen LogP contribution in [0, 0.1) is 20.8 Å². The monoisotopic (exact) mass is 1130 g/mol. The molecule has 0 unspecified atom stereocenters. The molecule has 0 aliphatic carbocycles. The van der Waals surface area contributed by atoms with Gasteiger partial charge in [-0.2, -0.15) is 0 Å². The van der Waals surface area contributed by atoms with Crippen molar-refractivity contribution in [2.45, 2.75) is 20.8 Å². The lowest BCUT2D eigenvalue weighted by atomic mass is 9.30. The van der Waals surface area contributed by atoms with Crippen LogP contribution in [0.15, 0.2) is 182 Å². The van der Waals surface area contributed by atoms with Gasteiger partial charge in [-0.25, -0.2) is 0 Å². The van der Waals surface area contributed by atoms with E-state index in [-0.39, 0.29) is 20.1 Å². The highest BCUT2D eigenvalue weighted by atomic mass is 32.2. The maximum atomic E-state index is 7.39. The molecule has 0 spiro atoms. The standard InChI is InChI=1S/C69H46B3N3O3S4/c1-36-16-6-9-19-42(36)39-26-52-63-58(29-39)77-66-45-22-12-14-24-61(45)81-68(66)71(63)47-32-48-53(34-51(47)73-52)74(79-4)55-27-40(43-20-10-7-17-37(43)2)28-56-64(55)70(48)49-33-50-57(35-54(49)75(56)80-5)76-59-30-41(44-21-11-8-18-38(44)3)31-60-65(59)72(50)69-67(78-60)46-23-13-15-25-62(46)82-69/h6-35,73H,1-5H3. The molecule has 0 atom stereocenters. The third-order valence-corrected chi connectivity index (χ3v) is 22.0. The predicted octanol–water partition coefficient (Wildman–Crippen LogP) is 13.4. The smallest absolute Gasteiger partial charge is 0.273 e. The Bertz CT molecular complexity index is 4590. The highest BCUT2D eigenvalue weighted by Gasteiger charge is 2.50. The van der Waals surface area contributed by atoms with Crippen LogP contribution < -0.4 is 75.9 Å². The summed E-state index contributed by atoms with van der Waals surface area (Å²) in [6.07, 6.45) is 4.44.